The summed E-state index contributed by atoms with van der Waals surface area (Å²) < 4.78 is 43.6. The van der Waals surface area contributed by atoms with E-state index in [-0.39, 0.29) is 53.3 Å². The van der Waals surface area contributed by atoms with E-state index in [9.17, 15) is 23.2 Å². The lowest BCUT2D eigenvalue weighted by Gasteiger charge is -2.36. The van der Waals surface area contributed by atoms with Crippen molar-refractivity contribution >= 4 is 45.6 Å². The minimum Gasteiger partial charge on any atom is -0.374 e. The van der Waals surface area contributed by atoms with Crippen LogP contribution in [-0.4, -0.2) is 105 Å². The minimum atomic E-state index is -2.85. The van der Waals surface area contributed by atoms with Crippen molar-refractivity contribution in [3.63, 3.8) is 0 Å². The van der Waals surface area contributed by atoms with E-state index in [1.54, 1.807) is 17.1 Å². The zero-order valence-electron chi connectivity index (χ0n) is 34.3. The number of hydrogen-bond acceptors (Lipinski definition) is 10. The molecule has 14 nitrogen and oxygen atoms in total. The lowest BCUT2D eigenvalue weighted by Crippen LogP contribution is -2.40. The van der Waals surface area contributed by atoms with Crippen molar-refractivity contribution < 1.29 is 32.6 Å². The summed E-state index contributed by atoms with van der Waals surface area (Å²) in [6.45, 7) is 4.61. The summed E-state index contributed by atoms with van der Waals surface area (Å²) in [6.07, 6.45) is 9.41. The number of morpholine rings is 1. The van der Waals surface area contributed by atoms with Crippen molar-refractivity contribution in [2.24, 2.45) is 5.92 Å². The number of carbonyl (C=O) groups excluding carboxylic acids is 3. The van der Waals surface area contributed by atoms with Gasteiger partial charge in [-0.2, -0.15) is 10.2 Å². The second kappa shape index (κ2) is 17.2. The highest BCUT2D eigenvalue weighted by Gasteiger charge is 2.40. The molecule has 10 rings (SSSR count). The molecule has 322 valence electrons. The van der Waals surface area contributed by atoms with Crippen LogP contribution >= 0.6 is 0 Å². The van der Waals surface area contributed by atoms with Gasteiger partial charge in [0.1, 0.15) is 18.0 Å². The van der Waals surface area contributed by atoms with E-state index in [4.69, 9.17) is 14.5 Å². The van der Waals surface area contributed by atoms with Crippen molar-refractivity contribution in [3.8, 4) is 11.8 Å². The van der Waals surface area contributed by atoms with Crippen LogP contribution in [0.5, 0.6) is 0 Å². The first kappa shape index (κ1) is 40.3. The summed E-state index contributed by atoms with van der Waals surface area (Å²) in [5.74, 6) is 6.34. The van der Waals surface area contributed by atoms with Crippen LogP contribution < -0.4 is 15.5 Å². The molecule has 2 aromatic carbocycles. The molecule has 5 aliphatic rings. The second-order valence-corrected chi connectivity index (χ2v) is 17.3. The van der Waals surface area contributed by atoms with Crippen LogP contribution in [0.15, 0.2) is 61.1 Å². The number of likely N-dealkylation sites (tertiary alicyclic amines) is 1. The molecule has 1 unspecified atom stereocenters. The highest BCUT2D eigenvalue weighted by Crippen LogP contribution is 2.37. The van der Waals surface area contributed by atoms with Gasteiger partial charge in [-0.05, 0) is 85.8 Å². The number of fused-ring (bicyclic) bond motifs is 4. The number of amides is 3. The van der Waals surface area contributed by atoms with Crippen molar-refractivity contribution in [2.45, 2.75) is 94.4 Å². The third-order valence-corrected chi connectivity index (χ3v) is 13.4. The van der Waals surface area contributed by atoms with Gasteiger partial charge >= 0.3 is 0 Å². The fourth-order valence-corrected chi connectivity index (χ4v) is 10.1. The highest BCUT2D eigenvalue weighted by atomic mass is 19.3. The lowest BCUT2D eigenvalue weighted by molar-refractivity contribution is -0.134. The highest BCUT2D eigenvalue weighted by molar-refractivity contribution is 6.08. The molecule has 4 saturated heterocycles. The summed E-state index contributed by atoms with van der Waals surface area (Å²) >= 11 is 0. The number of alkyl halides is 2. The predicted molar refractivity (Wildman–Crippen MR) is 226 cm³/mol. The Kier molecular flexibility index (Phi) is 11.2. The maximum Gasteiger partial charge on any atom is 0.284 e. The van der Waals surface area contributed by atoms with E-state index in [0.29, 0.717) is 37.6 Å². The third-order valence-electron chi connectivity index (χ3n) is 13.4. The third kappa shape index (κ3) is 8.16. The molecule has 1 saturated carbocycles. The van der Waals surface area contributed by atoms with Crippen molar-refractivity contribution in [1.82, 2.24) is 34.6 Å². The molecule has 5 fully saturated rings. The average Bonchev–Trinajstić information content (AvgIpc) is 4.11. The fraction of sp³-hybridized carbons (Fsp3) is 0.478. The molecule has 4 aliphatic heterocycles. The number of rotatable bonds is 10. The quantitative estimate of drug-likeness (QED) is 0.126. The zero-order valence-corrected chi connectivity index (χ0v) is 34.3. The first-order valence-electron chi connectivity index (χ1n) is 21.8. The first-order chi connectivity index (χ1) is 30.2. The summed E-state index contributed by atoms with van der Waals surface area (Å²) in [7, 11) is 0. The number of nitrogens with zero attached hydrogens (tertiary/aromatic N) is 7. The molecule has 62 heavy (non-hydrogen) atoms. The van der Waals surface area contributed by atoms with E-state index in [1.165, 1.54) is 10.7 Å². The number of piperidine rings is 2. The number of aromatic nitrogens is 5. The van der Waals surface area contributed by atoms with Crippen LogP contribution in [0.3, 0.4) is 0 Å². The maximum atomic E-state index is 14.3. The van der Waals surface area contributed by atoms with E-state index >= 15 is 0 Å². The Morgan fingerprint density at radius 1 is 1.00 bits per heavy atom. The van der Waals surface area contributed by atoms with Crippen molar-refractivity contribution in [2.75, 3.05) is 49.6 Å². The minimum absolute atomic E-state index is 0.00174. The summed E-state index contributed by atoms with van der Waals surface area (Å²) in [5, 5.41) is 15.7. The van der Waals surface area contributed by atoms with Crippen LogP contribution in [0.25, 0.3) is 16.4 Å². The Hall–Kier alpha value is -5.76. The molecular weight excluding hydrogens is 797 g/mol. The molecular formula is C46H49F2N9O5. The van der Waals surface area contributed by atoms with E-state index in [2.05, 4.69) is 42.5 Å². The number of anilines is 2. The molecule has 7 heterocycles. The van der Waals surface area contributed by atoms with Gasteiger partial charge in [-0.15, -0.1) is 0 Å². The SMILES string of the molecule is O=C1CCC(c2cccc3c(C#CCOC4CCN(CC5CCC(n6cc(NC(=O)c7cnn8ccc(N9C[C@H]%10C[C@@H]9CO%10)nc78)c(C(F)F)n6)CC5)CC4)cccc23)C(=O)N1. The lowest BCUT2D eigenvalue weighted by atomic mass is 9.85. The summed E-state index contributed by atoms with van der Waals surface area (Å²) in [6, 6.07) is 13.9. The smallest absolute Gasteiger partial charge is 0.284 e. The number of imide groups is 1. The predicted octanol–water partition coefficient (Wildman–Crippen LogP) is 6.03. The van der Waals surface area contributed by atoms with Crippen LogP contribution in [-0.2, 0) is 19.1 Å². The molecule has 5 aromatic rings. The van der Waals surface area contributed by atoms with Gasteiger partial charge in [-0.3, -0.25) is 24.4 Å². The number of halogens is 2. The Balaban J connectivity index is 0.694. The molecule has 0 radical (unpaired) electrons. The van der Waals surface area contributed by atoms with Gasteiger partial charge in [0, 0.05) is 50.6 Å². The standard InChI is InChI=1S/C46H49F2N9O5/c47-43(48)42-39(50-46(60)38-23-49-56-20-17-40(51-44(38)56)55-25-33-22-31(55)27-62-33)26-57(53-42)30-11-9-28(10-12-30)24-54-18-15-32(16-19-54)61-21-3-5-29-4-1-7-35-34(29)6-2-8-36(35)37-13-14-41(58)52-45(37)59/h1-2,4,6-8,17,20,23,26,28,30-33,37,43H,9-16,18-19,21-22,24-25,27H2,(H,50,60)(H,52,58,59)/t28?,30?,31-,33-,37?/m1/s1. The molecule has 3 atom stereocenters. The topological polar surface area (TPSA) is 148 Å². The summed E-state index contributed by atoms with van der Waals surface area (Å²) in [4.78, 5) is 47.3. The van der Waals surface area contributed by atoms with E-state index < -0.39 is 18.0 Å². The average molecular weight is 846 g/mol. The van der Waals surface area contributed by atoms with Crippen molar-refractivity contribution in [3.05, 3.63) is 83.4 Å². The molecule has 1 aliphatic carbocycles. The molecule has 2 bridgehead atoms. The number of nitrogens with one attached hydrogen (secondary N) is 2. The van der Waals surface area contributed by atoms with Gasteiger partial charge in [-0.25, -0.2) is 18.3 Å². The molecule has 0 spiro atoms. The molecule has 3 aromatic heterocycles. The van der Waals surface area contributed by atoms with Gasteiger partial charge in [0.2, 0.25) is 11.8 Å². The van der Waals surface area contributed by atoms with E-state index in [1.807, 2.05) is 42.5 Å². The normalized spacial score (nSPS) is 24.5. The summed E-state index contributed by atoms with van der Waals surface area (Å²) in [5.41, 5.74) is 1.92. The Labute approximate surface area is 357 Å². The first-order valence-corrected chi connectivity index (χ1v) is 21.8. The number of carbonyl (C=O) groups is 3. The maximum absolute atomic E-state index is 14.3. The number of hydrogen-bond donors (Lipinski definition) is 2. The second-order valence-electron chi connectivity index (χ2n) is 17.3. The number of benzene rings is 2. The Morgan fingerprint density at radius 2 is 1.82 bits per heavy atom. The molecule has 2 N–H and O–H groups in total. The monoisotopic (exact) mass is 845 g/mol. The van der Waals surface area contributed by atoms with Gasteiger partial charge in [0.05, 0.1) is 48.7 Å². The van der Waals surface area contributed by atoms with Gasteiger partial charge in [-0.1, -0.05) is 42.2 Å². The number of ether oxygens (including phenoxy) is 2. The fourth-order valence-electron chi connectivity index (χ4n) is 10.1. The van der Waals surface area contributed by atoms with Crippen LogP contribution in [0.1, 0.15) is 103 Å². The zero-order chi connectivity index (χ0) is 42.3. The Bertz CT molecular complexity index is 2570. The largest absolute Gasteiger partial charge is 0.374 e. The van der Waals surface area contributed by atoms with Gasteiger partial charge in [0.25, 0.3) is 12.3 Å². The molecule has 3 amide bonds. The van der Waals surface area contributed by atoms with Gasteiger partial charge in [0.15, 0.2) is 11.3 Å². The molecule has 16 heteroatoms. The van der Waals surface area contributed by atoms with Crippen LogP contribution in [0.2, 0.25) is 0 Å². The Morgan fingerprint density at radius 3 is 2.60 bits per heavy atom. The van der Waals surface area contributed by atoms with Crippen LogP contribution in [0, 0.1) is 17.8 Å². The van der Waals surface area contributed by atoms with Crippen molar-refractivity contribution in [1.29, 1.82) is 0 Å². The van der Waals surface area contributed by atoms with Gasteiger partial charge < -0.3 is 24.6 Å². The van der Waals surface area contributed by atoms with Crippen LogP contribution in [0.4, 0.5) is 20.3 Å². The van der Waals surface area contributed by atoms with E-state index in [0.717, 1.165) is 98.8 Å².